The number of thiophene rings is 2. The molecule has 0 fully saturated rings. The van der Waals surface area contributed by atoms with E-state index in [0.29, 0.717) is 0 Å². The van der Waals surface area contributed by atoms with Gasteiger partial charge < -0.3 is 0 Å². The zero-order chi connectivity index (χ0) is 39.0. The Hall–Kier alpha value is -6.58. The summed E-state index contributed by atoms with van der Waals surface area (Å²) < 4.78 is 5.51. The molecule has 2 heterocycles. The molecule has 276 valence electrons. The fourth-order valence-corrected chi connectivity index (χ4v) is 13.2. The molecule has 12 aromatic rings. The molecule has 0 atom stereocenters. The molecule has 0 spiro atoms. The van der Waals surface area contributed by atoms with Crippen LogP contribution >= 0.6 is 22.7 Å². The summed E-state index contributed by atoms with van der Waals surface area (Å²) in [6.45, 7) is 4.82. The number of hydrogen-bond acceptors (Lipinski definition) is 2. The first-order valence-corrected chi connectivity index (χ1v) is 22.1. The predicted molar refractivity (Wildman–Crippen MR) is 259 cm³/mol. The van der Waals surface area contributed by atoms with Crippen molar-refractivity contribution in [2.24, 2.45) is 0 Å². The van der Waals surface area contributed by atoms with Crippen LogP contribution in [-0.4, -0.2) is 0 Å². The highest BCUT2D eigenvalue weighted by molar-refractivity contribution is 7.34. The molecular weight excluding hydrogens is 749 g/mol. The van der Waals surface area contributed by atoms with Crippen LogP contribution in [0.25, 0.3) is 117 Å². The van der Waals surface area contributed by atoms with Gasteiger partial charge in [-0.05, 0) is 112 Å². The van der Waals surface area contributed by atoms with Crippen LogP contribution in [0, 0.1) is 0 Å². The van der Waals surface area contributed by atoms with Crippen LogP contribution in [0.1, 0.15) is 25.0 Å². The van der Waals surface area contributed by atoms with E-state index in [1.807, 2.05) is 22.7 Å². The van der Waals surface area contributed by atoms with Crippen LogP contribution in [0.5, 0.6) is 0 Å². The first kappa shape index (κ1) is 33.4. The second-order valence-corrected chi connectivity index (χ2v) is 18.8. The van der Waals surface area contributed by atoms with Gasteiger partial charge in [-0.2, -0.15) is 0 Å². The summed E-state index contributed by atoms with van der Waals surface area (Å²) in [4.78, 5) is 0. The summed E-state index contributed by atoms with van der Waals surface area (Å²) in [5.41, 5.74) is 13.0. The van der Waals surface area contributed by atoms with Gasteiger partial charge in [-0.1, -0.05) is 172 Å². The van der Waals surface area contributed by atoms with Gasteiger partial charge in [0.15, 0.2) is 0 Å². The van der Waals surface area contributed by atoms with Gasteiger partial charge in [-0.25, -0.2) is 0 Å². The Bertz CT molecular complexity index is 3690. The Morgan fingerprint density at radius 1 is 0.339 bits per heavy atom. The summed E-state index contributed by atoms with van der Waals surface area (Å²) >= 11 is 3.91. The highest BCUT2D eigenvalue weighted by Gasteiger charge is 2.36. The van der Waals surface area contributed by atoms with E-state index < -0.39 is 0 Å². The third-order valence-corrected chi connectivity index (χ3v) is 15.8. The van der Waals surface area contributed by atoms with Crippen molar-refractivity contribution in [1.29, 1.82) is 0 Å². The molecule has 2 heteroatoms. The number of hydrogen-bond donors (Lipinski definition) is 0. The van der Waals surface area contributed by atoms with Gasteiger partial charge in [-0.15, -0.1) is 22.7 Å². The van der Waals surface area contributed by atoms with E-state index in [4.69, 9.17) is 0 Å². The van der Waals surface area contributed by atoms with Gasteiger partial charge in [0.05, 0.1) is 9.40 Å². The average Bonchev–Trinajstić information content (AvgIpc) is 3.93. The third-order valence-electron chi connectivity index (χ3n) is 13.2. The van der Waals surface area contributed by atoms with Gasteiger partial charge in [-0.3, -0.25) is 0 Å². The first-order chi connectivity index (χ1) is 29.0. The van der Waals surface area contributed by atoms with Crippen molar-refractivity contribution in [2.75, 3.05) is 0 Å². The van der Waals surface area contributed by atoms with Crippen LogP contribution in [0.15, 0.2) is 182 Å². The van der Waals surface area contributed by atoms with Gasteiger partial charge in [0.25, 0.3) is 0 Å². The SMILES string of the molecule is CC1(C)c2ccc(-c3cc4c5ccc6ccccc6c5sc4c4sc5ccccc5c34)cc2-c2ccc(-c3c4ccccc4c(-c4ccccc4)c4ccccc34)cc21. The molecule has 1 aliphatic carbocycles. The van der Waals surface area contributed by atoms with E-state index in [2.05, 4.69) is 196 Å². The van der Waals surface area contributed by atoms with E-state index in [0.717, 1.165) is 0 Å². The summed E-state index contributed by atoms with van der Waals surface area (Å²) in [7, 11) is 0. The molecule has 0 radical (unpaired) electrons. The van der Waals surface area contributed by atoms with Crippen LogP contribution in [0.3, 0.4) is 0 Å². The van der Waals surface area contributed by atoms with Gasteiger partial charge in [0.1, 0.15) is 0 Å². The summed E-state index contributed by atoms with van der Waals surface area (Å²) in [5.74, 6) is 0. The van der Waals surface area contributed by atoms with Crippen LogP contribution in [-0.2, 0) is 5.41 Å². The molecule has 0 saturated carbocycles. The molecule has 59 heavy (non-hydrogen) atoms. The van der Waals surface area contributed by atoms with E-state index in [9.17, 15) is 0 Å². The zero-order valence-corrected chi connectivity index (χ0v) is 34.3. The third kappa shape index (κ3) is 4.65. The molecule has 13 rings (SSSR count). The highest BCUT2D eigenvalue weighted by atomic mass is 32.1. The Kier molecular flexibility index (Phi) is 6.92. The van der Waals surface area contributed by atoms with Crippen molar-refractivity contribution >= 4 is 95.3 Å². The Balaban J connectivity index is 1.03. The quantitative estimate of drug-likeness (QED) is 0.157. The summed E-state index contributed by atoms with van der Waals surface area (Å²) in [6, 6.07) is 68.4. The normalized spacial score (nSPS) is 13.4. The highest BCUT2D eigenvalue weighted by Crippen LogP contribution is 2.54. The standard InChI is InChI=1S/C57H36S2/c1-57(2)48-29-26-35(45-32-47-43-28-24-33-14-6-7-17-37(33)54(43)59-55(47)56-53(45)44-22-12-13-23-50(44)58-56)30-46(48)38-27-25-36(31-49(38)57)52-41-20-10-8-18-39(41)51(34-15-4-3-5-16-34)40-19-9-11-21-42(40)52/h3-32H,1-2H3. The lowest BCUT2D eigenvalue weighted by Crippen LogP contribution is -2.15. The van der Waals surface area contributed by atoms with Crippen molar-refractivity contribution < 1.29 is 0 Å². The van der Waals surface area contributed by atoms with Gasteiger partial charge >= 0.3 is 0 Å². The number of fused-ring (bicyclic) bond motifs is 14. The molecular formula is C57H36S2. The minimum atomic E-state index is -0.159. The lowest BCUT2D eigenvalue weighted by atomic mass is 9.80. The predicted octanol–water partition coefficient (Wildman–Crippen LogP) is 17.2. The Labute approximate surface area is 350 Å². The zero-order valence-electron chi connectivity index (χ0n) is 32.6. The Morgan fingerprint density at radius 3 is 1.71 bits per heavy atom. The minimum absolute atomic E-state index is 0.159. The van der Waals surface area contributed by atoms with Crippen molar-refractivity contribution in [3.05, 3.63) is 193 Å². The molecule has 0 amide bonds. The second-order valence-electron chi connectivity index (χ2n) is 16.7. The topological polar surface area (TPSA) is 0 Å². The van der Waals surface area contributed by atoms with Crippen molar-refractivity contribution in [2.45, 2.75) is 19.3 Å². The molecule has 10 aromatic carbocycles. The summed E-state index contributed by atoms with van der Waals surface area (Å²) in [6.07, 6.45) is 0. The van der Waals surface area contributed by atoms with E-state index in [1.165, 1.54) is 128 Å². The van der Waals surface area contributed by atoms with Crippen LogP contribution in [0.4, 0.5) is 0 Å². The average molecular weight is 785 g/mol. The maximum atomic E-state index is 2.51. The lowest BCUT2D eigenvalue weighted by molar-refractivity contribution is 0.660. The molecule has 0 unspecified atom stereocenters. The maximum Gasteiger partial charge on any atom is 0.0540 e. The molecule has 0 saturated heterocycles. The Morgan fingerprint density at radius 2 is 0.966 bits per heavy atom. The largest absolute Gasteiger partial charge is 0.134 e. The monoisotopic (exact) mass is 784 g/mol. The molecule has 0 N–H and O–H groups in total. The maximum absolute atomic E-state index is 2.51. The van der Waals surface area contributed by atoms with Crippen LogP contribution < -0.4 is 0 Å². The fraction of sp³-hybridized carbons (Fsp3) is 0.0526. The van der Waals surface area contributed by atoms with Gasteiger partial charge in [0, 0.05) is 36.4 Å². The van der Waals surface area contributed by atoms with E-state index >= 15 is 0 Å². The lowest BCUT2D eigenvalue weighted by Gasteiger charge is -2.23. The molecule has 2 aromatic heterocycles. The molecule has 0 bridgehead atoms. The van der Waals surface area contributed by atoms with E-state index in [1.54, 1.807) is 0 Å². The number of rotatable bonds is 3. The first-order valence-electron chi connectivity index (χ1n) is 20.5. The van der Waals surface area contributed by atoms with Crippen molar-refractivity contribution in [3.63, 3.8) is 0 Å². The smallest absolute Gasteiger partial charge is 0.0540 e. The minimum Gasteiger partial charge on any atom is -0.134 e. The second kappa shape index (κ2) is 12.2. The summed E-state index contributed by atoms with van der Waals surface area (Å²) in [5, 5.41) is 13.2. The molecule has 0 aliphatic heterocycles. The molecule has 0 nitrogen and oxygen atoms in total. The van der Waals surface area contributed by atoms with Crippen LogP contribution in [0.2, 0.25) is 0 Å². The molecule has 1 aliphatic rings. The van der Waals surface area contributed by atoms with Crippen molar-refractivity contribution in [1.82, 2.24) is 0 Å². The van der Waals surface area contributed by atoms with E-state index in [-0.39, 0.29) is 5.41 Å². The number of benzene rings is 10. The van der Waals surface area contributed by atoms with Crippen molar-refractivity contribution in [3.8, 4) is 44.5 Å². The van der Waals surface area contributed by atoms with Gasteiger partial charge in [0.2, 0.25) is 0 Å². The fourth-order valence-electron chi connectivity index (χ4n) is 10.5.